The molecule has 1 amide bonds. The highest BCUT2D eigenvalue weighted by Crippen LogP contribution is 2.30. The topological polar surface area (TPSA) is 98.1 Å². The van der Waals surface area contributed by atoms with Crippen LogP contribution in [0.3, 0.4) is 0 Å². The highest BCUT2D eigenvalue weighted by molar-refractivity contribution is 7.98. The second kappa shape index (κ2) is 11.7. The third-order valence-electron chi connectivity index (χ3n) is 5.77. The van der Waals surface area contributed by atoms with Crippen molar-refractivity contribution in [3.63, 3.8) is 0 Å². The van der Waals surface area contributed by atoms with Crippen LogP contribution in [0.25, 0.3) is 17.1 Å². The lowest BCUT2D eigenvalue weighted by atomic mass is 10.2. The summed E-state index contributed by atoms with van der Waals surface area (Å²) in [4.78, 5) is 23.6. The van der Waals surface area contributed by atoms with Gasteiger partial charge in [0, 0.05) is 55.2 Å². The van der Waals surface area contributed by atoms with Gasteiger partial charge in [-0.2, -0.15) is 0 Å². The van der Waals surface area contributed by atoms with Gasteiger partial charge >= 0.3 is 0 Å². The molecule has 186 valence electrons. The van der Waals surface area contributed by atoms with Crippen molar-refractivity contribution in [3.05, 3.63) is 70.4 Å². The molecule has 9 nitrogen and oxygen atoms in total. The third-order valence-corrected chi connectivity index (χ3v) is 7.74. The number of pyridine rings is 1. The van der Waals surface area contributed by atoms with Crippen LogP contribution in [0.2, 0.25) is 0 Å². The molecule has 1 aliphatic heterocycles. The minimum atomic E-state index is -0.141. The Bertz CT molecular complexity index is 1290. The van der Waals surface area contributed by atoms with Crippen LogP contribution in [0.4, 0.5) is 0 Å². The molecule has 1 fully saturated rings. The smallest absolute Gasteiger partial charge is 0.270 e. The Morgan fingerprint density at radius 1 is 1.17 bits per heavy atom. The van der Waals surface area contributed by atoms with Gasteiger partial charge in [-0.15, -0.1) is 21.5 Å². The summed E-state index contributed by atoms with van der Waals surface area (Å²) < 4.78 is 7.40. The zero-order chi connectivity index (χ0) is 24.7. The van der Waals surface area contributed by atoms with E-state index in [2.05, 4.69) is 61.6 Å². The molecular weight excluding hydrogens is 494 g/mol. The van der Waals surface area contributed by atoms with Crippen LogP contribution in [-0.2, 0) is 10.5 Å². The van der Waals surface area contributed by atoms with Crippen LogP contribution >= 0.6 is 23.1 Å². The number of carbonyl (C=O) groups excluding carboxylic acids is 1. The van der Waals surface area contributed by atoms with Crippen LogP contribution in [-0.4, -0.2) is 74.9 Å². The molecule has 3 aromatic heterocycles. The van der Waals surface area contributed by atoms with Gasteiger partial charge in [0.05, 0.1) is 19.0 Å². The van der Waals surface area contributed by atoms with Gasteiger partial charge < -0.3 is 10.1 Å². The van der Waals surface area contributed by atoms with Crippen molar-refractivity contribution < 1.29 is 9.53 Å². The molecule has 0 radical (unpaired) electrons. The molecule has 1 aliphatic rings. The number of hydrogen-bond acceptors (Lipinski definition) is 9. The standard InChI is InChI=1S/C25H27N7O2S2/c1-18-4-6-20(7-5-18)32-23(19-3-2-8-26-15-19)29-30-25(32)36-17-22-28-21(16-35-22)24(33)27-9-10-31-11-13-34-14-12-31/h2-8,15-16H,9-14,17H2,1H3,(H,27,33). The largest absolute Gasteiger partial charge is 0.379 e. The summed E-state index contributed by atoms with van der Waals surface area (Å²) in [6.07, 6.45) is 3.53. The van der Waals surface area contributed by atoms with E-state index in [0.29, 0.717) is 18.0 Å². The average Bonchev–Trinajstić information content (AvgIpc) is 3.57. The maximum Gasteiger partial charge on any atom is 0.270 e. The first-order chi connectivity index (χ1) is 17.7. The molecule has 1 saturated heterocycles. The molecule has 1 aromatic carbocycles. The van der Waals surface area contributed by atoms with Crippen molar-refractivity contribution in [1.29, 1.82) is 0 Å². The maximum atomic E-state index is 12.6. The van der Waals surface area contributed by atoms with Crippen LogP contribution in [0.5, 0.6) is 0 Å². The Labute approximate surface area is 217 Å². The molecule has 0 bridgehead atoms. The SMILES string of the molecule is Cc1ccc(-n2c(SCc3nc(C(=O)NCCN4CCOCC4)cs3)nnc2-c2cccnc2)cc1. The van der Waals surface area contributed by atoms with E-state index in [9.17, 15) is 4.79 Å². The summed E-state index contributed by atoms with van der Waals surface area (Å²) >= 11 is 3.02. The number of thioether (sulfide) groups is 1. The first-order valence-electron chi connectivity index (χ1n) is 11.8. The lowest BCUT2D eigenvalue weighted by molar-refractivity contribution is 0.0383. The number of ether oxygens (including phenoxy) is 1. The lowest BCUT2D eigenvalue weighted by Crippen LogP contribution is -2.41. The highest BCUT2D eigenvalue weighted by Gasteiger charge is 2.18. The number of aromatic nitrogens is 5. The number of hydrogen-bond donors (Lipinski definition) is 1. The molecular formula is C25H27N7O2S2. The number of aryl methyl sites for hydroxylation is 1. The van der Waals surface area contributed by atoms with E-state index in [1.54, 1.807) is 24.2 Å². The van der Waals surface area contributed by atoms with E-state index in [-0.39, 0.29) is 5.91 Å². The molecule has 0 spiro atoms. The Morgan fingerprint density at radius 3 is 2.78 bits per heavy atom. The number of amides is 1. The molecule has 5 rings (SSSR count). The zero-order valence-corrected chi connectivity index (χ0v) is 21.6. The average molecular weight is 522 g/mol. The van der Waals surface area contributed by atoms with Gasteiger partial charge in [-0.25, -0.2) is 4.98 Å². The van der Waals surface area contributed by atoms with E-state index in [0.717, 1.165) is 60.1 Å². The number of rotatable bonds is 9. The number of nitrogens with zero attached hydrogens (tertiary/aromatic N) is 6. The lowest BCUT2D eigenvalue weighted by Gasteiger charge is -2.26. The summed E-state index contributed by atoms with van der Waals surface area (Å²) in [7, 11) is 0. The quantitative estimate of drug-likeness (QED) is 0.335. The molecule has 0 atom stereocenters. The first-order valence-corrected chi connectivity index (χ1v) is 13.6. The molecule has 11 heteroatoms. The predicted molar refractivity (Wildman–Crippen MR) is 141 cm³/mol. The van der Waals surface area contributed by atoms with Crippen LogP contribution < -0.4 is 5.32 Å². The number of nitrogens with one attached hydrogen (secondary N) is 1. The number of benzene rings is 1. The van der Waals surface area contributed by atoms with Gasteiger partial charge in [-0.1, -0.05) is 29.5 Å². The van der Waals surface area contributed by atoms with Gasteiger partial charge in [-0.3, -0.25) is 19.2 Å². The number of morpholine rings is 1. The zero-order valence-electron chi connectivity index (χ0n) is 20.0. The van der Waals surface area contributed by atoms with Crippen molar-refractivity contribution >= 4 is 29.0 Å². The predicted octanol–water partition coefficient (Wildman–Crippen LogP) is 3.45. The van der Waals surface area contributed by atoms with Crippen LogP contribution in [0.1, 0.15) is 21.1 Å². The Balaban J connectivity index is 1.25. The summed E-state index contributed by atoms with van der Waals surface area (Å²) in [5.74, 6) is 1.18. The summed E-state index contributed by atoms with van der Waals surface area (Å²) in [5.41, 5.74) is 3.50. The van der Waals surface area contributed by atoms with Crippen LogP contribution in [0, 0.1) is 6.92 Å². The van der Waals surface area contributed by atoms with Gasteiger partial charge in [0.25, 0.3) is 5.91 Å². The fourth-order valence-electron chi connectivity index (χ4n) is 3.82. The summed E-state index contributed by atoms with van der Waals surface area (Å²) in [6, 6.07) is 12.1. The molecule has 4 heterocycles. The normalized spacial score (nSPS) is 14.1. The van der Waals surface area contributed by atoms with E-state index < -0.39 is 0 Å². The van der Waals surface area contributed by atoms with Crippen molar-refractivity contribution in [2.24, 2.45) is 0 Å². The van der Waals surface area contributed by atoms with Gasteiger partial charge in [0.2, 0.25) is 0 Å². The fraction of sp³-hybridized carbons (Fsp3) is 0.320. The molecule has 1 N–H and O–H groups in total. The maximum absolute atomic E-state index is 12.6. The Kier molecular flexibility index (Phi) is 8.01. The van der Waals surface area contributed by atoms with Crippen LogP contribution in [0.15, 0.2) is 59.3 Å². The van der Waals surface area contributed by atoms with E-state index in [4.69, 9.17) is 4.74 Å². The summed E-state index contributed by atoms with van der Waals surface area (Å²) in [5, 5.41) is 15.3. The summed E-state index contributed by atoms with van der Waals surface area (Å²) in [6.45, 7) is 6.79. The molecule has 0 aliphatic carbocycles. The van der Waals surface area contributed by atoms with Gasteiger partial charge in [0.15, 0.2) is 11.0 Å². The van der Waals surface area contributed by atoms with Crippen molar-refractivity contribution in [2.45, 2.75) is 17.8 Å². The molecule has 0 saturated carbocycles. The second-order valence-corrected chi connectivity index (χ2v) is 10.2. The highest BCUT2D eigenvalue weighted by atomic mass is 32.2. The monoisotopic (exact) mass is 521 g/mol. The number of carbonyl (C=O) groups is 1. The first kappa shape index (κ1) is 24.6. The minimum absolute atomic E-state index is 0.141. The molecule has 4 aromatic rings. The molecule has 0 unspecified atom stereocenters. The molecule has 36 heavy (non-hydrogen) atoms. The Hall–Kier alpha value is -3.12. The fourth-order valence-corrected chi connectivity index (χ4v) is 5.57. The van der Waals surface area contributed by atoms with Crippen molar-refractivity contribution in [3.8, 4) is 17.1 Å². The Morgan fingerprint density at radius 2 is 2.00 bits per heavy atom. The minimum Gasteiger partial charge on any atom is -0.379 e. The van der Waals surface area contributed by atoms with E-state index in [1.807, 2.05) is 22.1 Å². The third kappa shape index (κ3) is 5.98. The van der Waals surface area contributed by atoms with Gasteiger partial charge in [0.1, 0.15) is 10.7 Å². The van der Waals surface area contributed by atoms with Crippen molar-refractivity contribution in [2.75, 3.05) is 39.4 Å². The van der Waals surface area contributed by atoms with Gasteiger partial charge in [-0.05, 0) is 31.2 Å². The van der Waals surface area contributed by atoms with E-state index in [1.165, 1.54) is 16.9 Å². The van der Waals surface area contributed by atoms with Crippen molar-refractivity contribution in [1.82, 2.24) is 34.9 Å². The second-order valence-electron chi connectivity index (χ2n) is 8.34. The number of thiazole rings is 1. The van der Waals surface area contributed by atoms with E-state index >= 15 is 0 Å².